The first kappa shape index (κ1) is 33.4. The summed E-state index contributed by atoms with van der Waals surface area (Å²) in [7, 11) is 0. The van der Waals surface area contributed by atoms with Crippen LogP contribution < -0.4 is 5.32 Å². The van der Waals surface area contributed by atoms with E-state index in [-0.39, 0.29) is 51.9 Å². The quantitative estimate of drug-likeness (QED) is 0.0250. The van der Waals surface area contributed by atoms with Crippen LogP contribution in [0.4, 0.5) is 4.79 Å². The molecule has 0 aliphatic carbocycles. The molecule has 0 aromatic rings. The van der Waals surface area contributed by atoms with E-state index in [0.717, 1.165) is 18.0 Å². The van der Waals surface area contributed by atoms with Crippen LogP contribution in [-0.2, 0) is 53.1 Å². The van der Waals surface area contributed by atoms with Crippen LogP contribution in [0.1, 0.15) is 13.8 Å². The molecule has 0 saturated carbocycles. The molecule has 0 bridgehead atoms. The molecule has 0 aliphatic rings. The zero-order valence-electron chi connectivity index (χ0n) is 21.0. The van der Waals surface area contributed by atoms with Crippen molar-refractivity contribution in [3.05, 3.63) is 49.6 Å². The lowest BCUT2D eigenvalue weighted by molar-refractivity contribution is -0.325. The van der Waals surface area contributed by atoms with Crippen molar-refractivity contribution in [2.24, 2.45) is 4.99 Å². The lowest BCUT2D eigenvalue weighted by Gasteiger charge is -2.17. The van der Waals surface area contributed by atoms with Crippen molar-refractivity contribution in [2.75, 3.05) is 46.3 Å². The molecule has 0 aliphatic heterocycles. The summed E-state index contributed by atoms with van der Waals surface area (Å²) in [6.07, 6.45) is 0.591. The highest BCUT2D eigenvalue weighted by atomic mass is 17.2. The maximum absolute atomic E-state index is 12.0. The van der Waals surface area contributed by atoms with Gasteiger partial charge in [-0.3, -0.25) is 0 Å². The van der Waals surface area contributed by atoms with Crippen LogP contribution in [0.15, 0.2) is 54.6 Å². The topological polar surface area (TPSA) is 159 Å². The van der Waals surface area contributed by atoms with E-state index in [4.69, 9.17) is 43.5 Å². The van der Waals surface area contributed by atoms with Gasteiger partial charge in [0.05, 0.1) is 0 Å². The number of nitrogens with zero attached hydrogens (tertiary/aromatic N) is 1. The SMILES string of the molecule is C=CCOOCC(COOCC(=C)C)OC(=O)NCN=COOC(COC(=O)C=C)COC(=O)C(=C)C. The largest absolute Gasteiger partial charge is 0.459 e. The molecule has 0 aromatic heterocycles. The molecule has 14 heteroatoms. The number of carbonyl (C=O) groups excluding carboxylic acids is 3. The minimum absolute atomic E-state index is 0.136. The Balaban J connectivity index is 4.49. The minimum atomic E-state index is -0.979. The number of aliphatic imine (C=N–C) groups is 1. The van der Waals surface area contributed by atoms with Crippen LogP contribution in [0.25, 0.3) is 0 Å². The second-order valence-electron chi connectivity index (χ2n) is 7.04. The number of amides is 1. The Kier molecular flexibility index (Phi) is 19.6. The van der Waals surface area contributed by atoms with Gasteiger partial charge in [-0.05, 0) is 13.8 Å². The molecule has 0 spiro atoms. The second kappa shape index (κ2) is 21.7. The van der Waals surface area contributed by atoms with Crippen molar-refractivity contribution in [3.63, 3.8) is 0 Å². The third kappa shape index (κ3) is 20.3. The molecule has 0 rings (SSSR count). The number of ether oxygens (including phenoxy) is 3. The molecule has 0 heterocycles. The molecule has 2 unspecified atom stereocenters. The van der Waals surface area contributed by atoms with E-state index in [1.807, 2.05) is 0 Å². The standard InChI is InChI=1S/C23H34N2O12/c1-7-9-31-33-13-19(14-34-32-10-17(3)4)36-23(28)25-15-24-16-35-37-20(11-29-21(26)8-2)12-30-22(27)18(5)6/h7-8,16,19-20H,1-3,5,9-15H2,4,6H3,(H,25,28). The molecular formula is C23H34N2O12. The second-order valence-corrected chi connectivity index (χ2v) is 7.04. The Hall–Kier alpha value is -3.56. The molecule has 0 saturated heterocycles. The van der Waals surface area contributed by atoms with E-state index < -0.39 is 30.2 Å². The number of rotatable bonds is 22. The fourth-order valence-corrected chi connectivity index (χ4v) is 1.71. The van der Waals surface area contributed by atoms with Gasteiger partial charge < -0.3 is 24.4 Å². The normalized spacial score (nSPS) is 12.2. The molecule has 0 aromatic carbocycles. The molecule has 1 N–H and O–H groups in total. The van der Waals surface area contributed by atoms with Crippen molar-refractivity contribution >= 4 is 24.4 Å². The molecule has 2 atom stereocenters. The molecule has 208 valence electrons. The Bertz CT molecular complexity index is 784. The van der Waals surface area contributed by atoms with Crippen LogP contribution in [-0.4, -0.2) is 83.0 Å². The monoisotopic (exact) mass is 530 g/mol. The van der Waals surface area contributed by atoms with E-state index in [2.05, 4.69) is 36.6 Å². The summed E-state index contributed by atoms with van der Waals surface area (Å²) in [6, 6.07) is 0. The van der Waals surface area contributed by atoms with Gasteiger partial charge in [0.25, 0.3) is 0 Å². The van der Waals surface area contributed by atoms with Crippen LogP contribution in [0.3, 0.4) is 0 Å². The third-order valence-electron chi connectivity index (χ3n) is 3.39. The molecule has 14 nitrogen and oxygen atoms in total. The van der Waals surface area contributed by atoms with Gasteiger partial charge in [-0.25, -0.2) is 38.9 Å². The number of alkyl carbamates (subject to hydrolysis) is 1. The fourth-order valence-electron chi connectivity index (χ4n) is 1.71. The van der Waals surface area contributed by atoms with Crippen molar-refractivity contribution < 1.29 is 57.9 Å². The number of esters is 2. The minimum Gasteiger partial charge on any atom is -0.459 e. The van der Waals surface area contributed by atoms with E-state index in [9.17, 15) is 14.4 Å². The van der Waals surface area contributed by atoms with Crippen LogP contribution in [0, 0.1) is 0 Å². The molecule has 0 fully saturated rings. The molecule has 37 heavy (non-hydrogen) atoms. The molecule has 1 amide bonds. The first-order valence-electron chi connectivity index (χ1n) is 10.8. The summed E-state index contributed by atoms with van der Waals surface area (Å²) in [5.41, 5.74) is 0.910. The van der Waals surface area contributed by atoms with Crippen molar-refractivity contribution in [1.29, 1.82) is 0 Å². The fraction of sp³-hybridized carbons (Fsp3) is 0.478. The Labute approximate surface area is 215 Å². The Morgan fingerprint density at radius 2 is 1.59 bits per heavy atom. The summed E-state index contributed by atoms with van der Waals surface area (Å²) in [5, 5.41) is 2.33. The smallest absolute Gasteiger partial charge is 0.409 e. The first-order chi connectivity index (χ1) is 17.7. The predicted molar refractivity (Wildman–Crippen MR) is 128 cm³/mol. The average Bonchev–Trinajstić information content (AvgIpc) is 2.86. The lowest BCUT2D eigenvalue weighted by Crippen LogP contribution is -2.34. The van der Waals surface area contributed by atoms with E-state index in [1.54, 1.807) is 6.92 Å². The van der Waals surface area contributed by atoms with Crippen LogP contribution in [0.2, 0.25) is 0 Å². The average molecular weight is 531 g/mol. The van der Waals surface area contributed by atoms with Crippen LogP contribution >= 0.6 is 0 Å². The highest BCUT2D eigenvalue weighted by Crippen LogP contribution is 2.01. The van der Waals surface area contributed by atoms with Gasteiger partial charge in [-0.2, -0.15) is 4.89 Å². The zero-order valence-corrected chi connectivity index (χ0v) is 21.0. The maximum Gasteiger partial charge on any atom is 0.409 e. The summed E-state index contributed by atoms with van der Waals surface area (Å²) in [4.78, 5) is 67.9. The van der Waals surface area contributed by atoms with Crippen molar-refractivity contribution in [1.82, 2.24) is 5.32 Å². The zero-order chi connectivity index (χ0) is 27.9. The summed E-state index contributed by atoms with van der Waals surface area (Å²) in [5.74, 6) is -1.37. The summed E-state index contributed by atoms with van der Waals surface area (Å²) in [6.45, 7) is 16.2. The highest BCUT2D eigenvalue weighted by molar-refractivity contribution is 5.86. The highest BCUT2D eigenvalue weighted by Gasteiger charge is 2.18. The number of hydrogen-bond acceptors (Lipinski definition) is 13. The van der Waals surface area contributed by atoms with Gasteiger partial charge in [0, 0.05) is 11.6 Å². The van der Waals surface area contributed by atoms with E-state index in [0.29, 0.717) is 0 Å². The Morgan fingerprint density at radius 1 is 0.919 bits per heavy atom. The van der Waals surface area contributed by atoms with Crippen molar-refractivity contribution in [2.45, 2.75) is 26.1 Å². The maximum atomic E-state index is 12.0. The van der Waals surface area contributed by atoms with Gasteiger partial charge in [0.1, 0.15) is 46.3 Å². The van der Waals surface area contributed by atoms with E-state index >= 15 is 0 Å². The summed E-state index contributed by atoms with van der Waals surface area (Å²) >= 11 is 0. The van der Waals surface area contributed by atoms with Gasteiger partial charge in [0.15, 0.2) is 12.2 Å². The number of nitrogens with one attached hydrogen (secondary N) is 1. The first-order valence-corrected chi connectivity index (χ1v) is 10.8. The Morgan fingerprint density at radius 3 is 2.22 bits per heavy atom. The van der Waals surface area contributed by atoms with Gasteiger partial charge in [-0.15, -0.1) is 6.58 Å². The lowest BCUT2D eigenvalue weighted by atomic mass is 10.3. The summed E-state index contributed by atoms with van der Waals surface area (Å²) < 4.78 is 14.9. The molecular weight excluding hydrogens is 496 g/mol. The number of carbonyl (C=O) groups is 3. The molecule has 0 radical (unpaired) electrons. The van der Waals surface area contributed by atoms with Crippen LogP contribution in [0.5, 0.6) is 0 Å². The van der Waals surface area contributed by atoms with Gasteiger partial charge in [-0.1, -0.05) is 31.4 Å². The predicted octanol–water partition coefficient (Wildman–Crippen LogP) is 1.89. The third-order valence-corrected chi connectivity index (χ3v) is 3.39. The number of hydrogen-bond donors (Lipinski definition) is 1. The van der Waals surface area contributed by atoms with Gasteiger partial charge >= 0.3 is 18.0 Å². The van der Waals surface area contributed by atoms with Crippen molar-refractivity contribution in [3.8, 4) is 0 Å². The van der Waals surface area contributed by atoms with E-state index in [1.165, 1.54) is 13.0 Å². The van der Waals surface area contributed by atoms with Gasteiger partial charge in [0.2, 0.25) is 6.40 Å².